The molecule has 0 aliphatic rings. The Hall–Kier alpha value is -1.81. The van der Waals surface area contributed by atoms with Crippen molar-refractivity contribution in [2.75, 3.05) is 0 Å². The van der Waals surface area contributed by atoms with Crippen LogP contribution in [-0.2, 0) is 12.6 Å². The van der Waals surface area contributed by atoms with Gasteiger partial charge >= 0.3 is 6.18 Å². The van der Waals surface area contributed by atoms with Crippen molar-refractivity contribution in [1.29, 1.82) is 0 Å². The summed E-state index contributed by atoms with van der Waals surface area (Å²) < 4.78 is 37.6. The van der Waals surface area contributed by atoms with Crippen LogP contribution < -0.4 is 5.73 Å². The maximum Gasteiger partial charge on any atom is 0.416 e. The Labute approximate surface area is 122 Å². The topological polar surface area (TPSA) is 26.0 Å². The van der Waals surface area contributed by atoms with Crippen molar-refractivity contribution in [2.45, 2.75) is 32.5 Å². The highest BCUT2D eigenvalue weighted by molar-refractivity contribution is 5.32. The normalized spacial score (nSPS) is 13.2. The molecular formula is C17H18F3N. The average molecular weight is 293 g/mol. The Morgan fingerprint density at radius 1 is 0.952 bits per heavy atom. The number of rotatable bonds is 3. The van der Waals surface area contributed by atoms with Gasteiger partial charge in [0, 0.05) is 6.04 Å². The summed E-state index contributed by atoms with van der Waals surface area (Å²) in [5.41, 5.74) is 9.58. The number of aryl methyl sites for hydroxylation is 2. The summed E-state index contributed by atoms with van der Waals surface area (Å²) in [6.45, 7) is 4.03. The van der Waals surface area contributed by atoms with Gasteiger partial charge in [-0.3, -0.25) is 0 Å². The minimum Gasteiger partial charge on any atom is -0.324 e. The van der Waals surface area contributed by atoms with Crippen molar-refractivity contribution in [2.24, 2.45) is 5.73 Å². The minimum absolute atomic E-state index is 0.312. The molecule has 2 N–H and O–H groups in total. The standard InChI is InChI=1S/C17H18F3N/c1-11-7-12(2)9-13(8-11)10-16(21)14-3-5-15(6-4-14)17(18,19)20/h3-9,16H,10,21H2,1-2H3. The zero-order valence-electron chi connectivity index (χ0n) is 12.0. The van der Waals surface area contributed by atoms with Gasteiger partial charge in [-0.05, 0) is 43.5 Å². The molecule has 0 bridgehead atoms. The third kappa shape index (κ3) is 4.08. The quantitative estimate of drug-likeness (QED) is 0.881. The molecule has 0 saturated carbocycles. The van der Waals surface area contributed by atoms with Gasteiger partial charge in [0.25, 0.3) is 0 Å². The maximum atomic E-state index is 12.5. The summed E-state index contributed by atoms with van der Waals surface area (Å²) >= 11 is 0. The molecule has 1 nitrogen and oxygen atoms in total. The van der Waals surface area contributed by atoms with Crippen LogP contribution in [-0.4, -0.2) is 0 Å². The highest BCUT2D eigenvalue weighted by atomic mass is 19.4. The minimum atomic E-state index is -4.31. The third-order valence-corrected chi connectivity index (χ3v) is 3.40. The van der Waals surface area contributed by atoms with Gasteiger partial charge in [0.2, 0.25) is 0 Å². The fourth-order valence-corrected chi connectivity index (χ4v) is 2.48. The zero-order chi connectivity index (χ0) is 15.6. The van der Waals surface area contributed by atoms with E-state index in [1.807, 2.05) is 13.8 Å². The number of alkyl halides is 3. The fraction of sp³-hybridized carbons (Fsp3) is 0.294. The van der Waals surface area contributed by atoms with Crippen molar-refractivity contribution in [1.82, 2.24) is 0 Å². The lowest BCUT2D eigenvalue weighted by Crippen LogP contribution is -2.14. The van der Waals surface area contributed by atoms with Gasteiger partial charge in [0.05, 0.1) is 5.56 Å². The molecule has 0 spiro atoms. The van der Waals surface area contributed by atoms with E-state index in [4.69, 9.17) is 5.73 Å². The first-order valence-corrected chi connectivity index (χ1v) is 6.75. The maximum absolute atomic E-state index is 12.5. The molecule has 2 aromatic rings. The van der Waals surface area contributed by atoms with Gasteiger partial charge < -0.3 is 5.73 Å². The van der Waals surface area contributed by atoms with Gasteiger partial charge in [0.1, 0.15) is 0 Å². The SMILES string of the molecule is Cc1cc(C)cc(CC(N)c2ccc(C(F)(F)F)cc2)c1. The Balaban J connectivity index is 2.15. The van der Waals surface area contributed by atoms with Crippen LogP contribution in [0.15, 0.2) is 42.5 Å². The first kappa shape index (κ1) is 15.6. The molecule has 0 fully saturated rings. The molecule has 0 heterocycles. The van der Waals surface area contributed by atoms with Crippen molar-refractivity contribution < 1.29 is 13.2 Å². The monoisotopic (exact) mass is 293 g/mol. The predicted molar refractivity (Wildman–Crippen MR) is 78.0 cm³/mol. The van der Waals surface area contributed by atoms with Gasteiger partial charge in [-0.1, -0.05) is 41.5 Å². The molecule has 0 saturated heterocycles. The summed E-state index contributed by atoms with van der Waals surface area (Å²) in [7, 11) is 0. The van der Waals surface area contributed by atoms with E-state index in [1.165, 1.54) is 12.1 Å². The van der Waals surface area contributed by atoms with Crippen LogP contribution in [0.5, 0.6) is 0 Å². The van der Waals surface area contributed by atoms with Gasteiger partial charge in [-0.2, -0.15) is 13.2 Å². The highest BCUT2D eigenvalue weighted by Crippen LogP contribution is 2.30. The molecule has 1 atom stereocenters. The Morgan fingerprint density at radius 3 is 1.95 bits per heavy atom. The zero-order valence-corrected chi connectivity index (χ0v) is 12.0. The van der Waals surface area contributed by atoms with E-state index in [1.54, 1.807) is 0 Å². The molecule has 0 aliphatic heterocycles. The van der Waals surface area contributed by atoms with E-state index in [9.17, 15) is 13.2 Å². The Morgan fingerprint density at radius 2 is 1.48 bits per heavy atom. The van der Waals surface area contributed by atoms with Crippen molar-refractivity contribution in [3.63, 3.8) is 0 Å². The lowest BCUT2D eigenvalue weighted by molar-refractivity contribution is -0.137. The number of hydrogen-bond acceptors (Lipinski definition) is 1. The molecule has 1 unspecified atom stereocenters. The van der Waals surface area contributed by atoms with Gasteiger partial charge in [0.15, 0.2) is 0 Å². The summed E-state index contributed by atoms with van der Waals surface area (Å²) in [4.78, 5) is 0. The fourth-order valence-electron chi connectivity index (χ4n) is 2.48. The summed E-state index contributed by atoms with van der Waals surface area (Å²) in [6, 6.07) is 10.9. The first-order valence-electron chi connectivity index (χ1n) is 6.75. The molecule has 0 amide bonds. The lowest BCUT2D eigenvalue weighted by Gasteiger charge is -2.14. The van der Waals surface area contributed by atoms with Crippen LogP contribution in [0.25, 0.3) is 0 Å². The van der Waals surface area contributed by atoms with Gasteiger partial charge in [-0.15, -0.1) is 0 Å². The molecule has 2 aromatic carbocycles. The second-order valence-electron chi connectivity index (χ2n) is 5.43. The van der Waals surface area contributed by atoms with E-state index in [-0.39, 0.29) is 6.04 Å². The van der Waals surface area contributed by atoms with Crippen LogP contribution in [0.4, 0.5) is 13.2 Å². The number of benzene rings is 2. The molecular weight excluding hydrogens is 275 g/mol. The molecule has 21 heavy (non-hydrogen) atoms. The number of nitrogens with two attached hydrogens (primary N) is 1. The molecule has 0 aliphatic carbocycles. The van der Waals surface area contributed by atoms with Crippen molar-refractivity contribution >= 4 is 0 Å². The van der Waals surface area contributed by atoms with Crippen LogP contribution >= 0.6 is 0 Å². The van der Waals surface area contributed by atoms with Crippen molar-refractivity contribution in [3.05, 3.63) is 70.3 Å². The molecule has 2 rings (SSSR count). The summed E-state index contributed by atoms with van der Waals surface area (Å²) in [6.07, 6.45) is -3.70. The Kier molecular flexibility index (Phi) is 4.37. The van der Waals surface area contributed by atoms with E-state index < -0.39 is 11.7 Å². The number of hydrogen-bond donors (Lipinski definition) is 1. The van der Waals surface area contributed by atoms with Crippen molar-refractivity contribution in [3.8, 4) is 0 Å². The van der Waals surface area contributed by atoms with Crippen LogP contribution in [0.2, 0.25) is 0 Å². The first-order chi connectivity index (χ1) is 9.75. The summed E-state index contributed by atoms with van der Waals surface area (Å²) in [5.74, 6) is 0. The second-order valence-corrected chi connectivity index (χ2v) is 5.43. The van der Waals surface area contributed by atoms with Crippen LogP contribution in [0, 0.1) is 13.8 Å². The van der Waals surface area contributed by atoms with Crippen LogP contribution in [0.3, 0.4) is 0 Å². The highest BCUT2D eigenvalue weighted by Gasteiger charge is 2.30. The average Bonchev–Trinajstić information content (AvgIpc) is 2.36. The largest absolute Gasteiger partial charge is 0.416 e. The third-order valence-electron chi connectivity index (χ3n) is 3.40. The molecule has 4 heteroatoms. The molecule has 112 valence electrons. The van der Waals surface area contributed by atoms with E-state index in [0.717, 1.165) is 28.8 Å². The van der Waals surface area contributed by atoms with E-state index in [0.29, 0.717) is 12.0 Å². The molecule has 0 radical (unpaired) electrons. The van der Waals surface area contributed by atoms with Gasteiger partial charge in [-0.25, -0.2) is 0 Å². The number of halogens is 3. The van der Waals surface area contributed by atoms with E-state index in [2.05, 4.69) is 18.2 Å². The summed E-state index contributed by atoms with van der Waals surface area (Å²) in [5, 5.41) is 0. The smallest absolute Gasteiger partial charge is 0.324 e. The van der Waals surface area contributed by atoms with Crippen LogP contribution in [0.1, 0.15) is 33.9 Å². The predicted octanol–water partition coefficient (Wildman–Crippen LogP) is 4.56. The Bertz CT molecular complexity index is 595. The lowest BCUT2D eigenvalue weighted by atomic mass is 9.96. The molecule has 0 aromatic heterocycles. The second kappa shape index (κ2) is 5.90. The van der Waals surface area contributed by atoms with E-state index >= 15 is 0 Å².